The molecule has 2 heterocycles. The van der Waals surface area contributed by atoms with Crippen molar-refractivity contribution in [2.45, 2.75) is 58.5 Å². The molecule has 2 aromatic heterocycles. The van der Waals surface area contributed by atoms with E-state index in [-0.39, 0.29) is 11.0 Å². The van der Waals surface area contributed by atoms with Crippen molar-refractivity contribution in [2.75, 3.05) is 7.05 Å². The van der Waals surface area contributed by atoms with Crippen LogP contribution in [0.5, 0.6) is 0 Å². The molecule has 0 radical (unpaired) electrons. The lowest BCUT2D eigenvalue weighted by Gasteiger charge is -2.19. The van der Waals surface area contributed by atoms with Gasteiger partial charge in [0.1, 0.15) is 17.9 Å². The lowest BCUT2D eigenvalue weighted by molar-refractivity contribution is -0.908. The molecule has 1 unspecified atom stereocenters. The summed E-state index contributed by atoms with van der Waals surface area (Å²) in [5.41, 5.74) is 4.12. The van der Waals surface area contributed by atoms with Gasteiger partial charge in [0.25, 0.3) is 5.56 Å². The third kappa shape index (κ3) is 3.71. The molecular weight excluding hydrogens is 354 g/mol. The molecule has 142 valence electrons. The third-order valence-electron chi connectivity index (χ3n) is 5.42. The number of aromatic nitrogens is 2. The highest BCUT2D eigenvalue weighted by Crippen LogP contribution is 2.34. The van der Waals surface area contributed by atoms with E-state index in [2.05, 4.69) is 57.1 Å². The maximum Gasteiger partial charge on any atom is 0.260 e. The van der Waals surface area contributed by atoms with E-state index in [0.717, 1.165) is 42.0 Å². The number of fused-ring (bicyclic) bond motifs is 3. The predicted molar refractivity (Wildman–Crippen MR) is 112 cm³/mol. The van der Waals surface area contributed by atoms with Crippen LogP contribution in [0.4, 0.5) is 0 Å². The molecule has 1 atom stereocenters. The van der Waals surface area contributed by atoms with Crippen LogP contribution in [0.3, 0.4) is 0 Å². The molecule has 2 N–H and O–H groups in total. The van der Waals surface area contributed by atoms with Crippen molar-refractivity contribution in [3.63, 3.8) is 0 Å². The summed E-state index contributed by atoms with van der Waals surface area (Å²) in [7, 11) is 2.15. The topological polar surface area (TPSA) is 50.2 Å². The van der Waals surface area contributed by atoms with Crippen molar-refractivity contribution in [1.82, 2.24) is 9.97 Å². The van der Waals surface area contributed by atoms with Gasteiger partial charge in [0.2, 0.25) is 0 Å². The van der Waals surface area contributed by atoms with Crippen molar-refractivity contribution < 1.29 is 4.90 Å². The fourth-order valence-electron chi connectivity index (χ4n) is 3.95. The van der Waals surface area contributed by atoms with E-state index in [4.69, 9.17) is 4.98 Å². The largest absolute Gasteiger partial charge is 0.327 e. The molecule has 0 amide bonds. The Kier molecular flexibility index (Phi) is 4.68. The van der Waals surface area contributed by atoms with Crippen LogP contribution in [-0.2, 0) is 31.3 Å². The second-order valence-electron chi connectivity index (χ2n) is 8.81. The number of hydrogen-bond acceptors (Lipinski definition) is 3. The number of quaternary nitrogens is 1. The number of aryl methyl sites for hydroxylation is 2. The van der Waals surface area contributed by atoms with Crippen LogP contribution < -0.4 is 10.5 Å². The summed E-state index contributed by atoms with van der Waals surface area (Å²) in [6.07, 6.45) is 3.29. The number of thiophene rings is 1. The fraction of sp³-hybridized carbons (Fsp3) is 0.455. The van der Waals surface area contributed by atoms with Gasteiger partial charge < -0.3 is 9.88 Å². The van der Waals surface area contributed by atoms with E-state index in [1.807, 2.05) is 0 Å². The SMILES string of the molecule is C[NH+](Cc1ccc(C(C)(C)C)cc1)Cc1nc2sc3c(c2c(=O)[nH]1)CCC3. The molecule has 0 spiro atoms. The quantitative estimate of drug-likeness (QED) is 0.729. The number of nitrogens with one attached hydrogen (secondary N) is 2. The van der Waals surface area contributed by atoms with Crippen LogP contribution in [0.1, 0.15) is 54.6 Å². The minimum Gasteiger partial charge on any atom is -0.327 e. The second kappa shape index (κ2) is 6.88. The molecule has 0 bridgehead atoms. The van der Waals surface area contributed by atoms with Crippen LogP contribution >= 0.6 is 11.3 Å². The van der Waals surface area contributed by atoms with Crippen LogP contribution in [0.2, 0.25) is 0 Å². The predicted octanol–water partition coefficient (Wildman–Crippen LogP) is 2.99. The number of benzene rings is 1. The molecular formula is C22H28N3OS+. The summed E-state index contributed by atoms with van der Waals surface area (Å²) in [4.78, 5) is 24.0. The summed E-state index contributed by atoms with van der Waals surface area (Å²) >= 11 is 1.71. The maximum atomic E-state index is 12.6. The second-order valence-corrected chi connectivity index (χ2v) is 9.89. The summed E-state index contributed by atoms with van der Waals surface area (Å²) in [5, 5.41) is 0.840. The van der Waals surface area contributed by atoms with E-state index >= 15 is 0 Å². The van der Waals surface area contributed by atoms with Crippen molar-refractivity contribution in [2.24, 2.45) is 0 Å². The van der Waals surface area contributed by atoms with Crippen molar-refractivity contribution in [1.29, 1.82) is 0 Å². The lowest BCUT2D eigenvalue weighted by atomic mass is 9.87. The van der Waals surface area contributed by atoms with Gasteiger partial charge in [-0.2, -0.15) is 0 Å². The number of aromatic amines is 1. The average molecular weight is 383 g/mol. The van der Waals surface area contributed by atoms with Crippen molar-refractivity contribution in [3.8, 4) is 0 Å². The molecule has 1 aliphatic rings. The first-order valence-corrected chi connectivity index (χ1v) is 10.6. The monoisotopic (exact) mass is 382 g/mol. The Balaban J connectivity index is 1.50. The average Bonchev–Trinajstić information content (AvgIpc) is 3.14. The molecule has 4 nitrogen and oxygen atoms in total. The summed E-state index contributed by atoms with van der Waals surface area (Å²) in [5.74, 6) is 0.788. The highest BCUT2D eigenvalue weighted by Gasteiger charge is 2.21. The molecule has 0 fully saturated rings. The highest BCUT2D eigenvalue weighted by molar-refractivity contribution is 7.18. The minimum atomic E-state index is 0.0386. The molecule has 3 aromatic rings. The molecule has 0 saturated heterocycles. The van der Waals surface area contributed by atoms with Gasteiger partial charge in [0.05, 0.1) is 12.4 Å². The van der Waals surface area contributed by atoms with Gasteiger partial charge in [-0.1, -0.05) is 45.0 Å². The molecule has 5 heteroatoms. The first kappa shape index (κ1) is 18.4. The Morgan fingerprint density at radius 3 is 2.59 bits per heavy atom. The highest BCUT2D eigenvalue weighted by atomic mass is 32.1. The zero-order valence-corrected chi connectivity index (χ0v) is 17.4. The van der Waals surface area contributed by atoms with Gasteiger partial charge in [-0.15, -0.1) is 11.3 Å². The van der Waals surface area contributed by atoms with E-state index in [9.17, 15) is 4.79 Å². The number of hydrogen-bond donors (Lipinski definition) is 2. The Labute approximate surface area is 164 Å². The maximum absolute atomic E-state index is 12.6. The van der Waals surface area contributed by atoms with Gasteiger partial charge in [-0.25, -0.2) is 4.98 Å². The molecule has 0 saturated carbocycles. The molecule has 4 rings (SSSR count). The van der Waals surface area contributed by atoms with Gasteiger partial charge in [0.15, 0.2) is 5.82 Å². The van der Waals surface area contributed by atoms with E-state index in [0.29, 0.717) is 0 Å². The smallest absolute Gasteiger partial charge is 0.260 e. The molecule has 27 heavy (non-hydrogen) atoms. The van der Waals surface area contributed by atoms with Crippen LogP contribution in [0.25, 0.3) is 10.2 Å². The Morgan fingerprint density at radius 1 is 1.15 bits per heavy atom. The van der Waals surface area contributed by atoms with Gasteiger partial charge in [-0.3, -0.25) is 4.79 Å². The van der Waals surface area contributed by atoms with Crippen molar-refractivity contribution in [3.05, 3.63) is 62.0 Å². The van der Waals surface area contributed by atoms with Crippen molar-refractivity contribution >= 4 is 21.6 Å². The Hall–Kier alpha value is -1.98. The zero-order chi connectivity index (χ0) is 19.2. The minimum absolute atomic E-state index is 0.0386. The van der Waals surface area contributed by atoms with Crippen LogP contribution in [-0.4, -0.2) is 17.0 Å². The Bertz CT molecular complexity index is 1020. The standard InChI is InChI=1S/C22H27N3OS/c1-22(2,3)15-10-8-14(9-11-15)12-25(4)13-18-23-20(26)19-16-6-5-7-17(16)27-21(19)24-18/h8-11H,5-7,12-13H2,1-4H3,(H,23,24,26)/p+1. The van der Waals surface area contributed by atoms with E-state index in [1.165, 1.54) is 32.9 Å². The number of rotatable bonds is 4. The van der Waals surface area contributed by atoms with Gasteiger partial charge in [-0.05, 0) is 35.8 Å². The third-order valence-corrected chi connectivity index (χ3v) is 6.60. The van der Waals surface area contributed by atoms with Gasteiger partial charge in [0, 0.05) is 10.4 Å². The normalized spacial score (nSPS) is 15.3. The van der Waals surface area contributed by atoms with E-state index in [1.54, 1.807) is 11.3 Å². The lowest BCUT2D eigenvalue weighted by Crippen LogP contribution is -3.06. The molecule has 0 aliphatic heterocycles. The fourth-order valence-corrected chi connectivity index (χ4v) is 5.23. The van der Waals surface area contributed by atoms with Crippen LogP contribution in [0, 0.1) is 0 Å². The summed E-state index contributed by atoms with van der Waals surface area (Å²) < 4.78 is 0. The van der Waals surface area contributed by atoms with E-state index < -0.39 is 0 Å². The summed E-state index contributed by atoms with van der Waals surface area (Å²) in [6.45, 7) is 8.33. The van der Waals surface area contributed by atoms with Gasteiger partial charge >= 0.3 is 0 Å². The molecule has 1 aliphatic carbocycles. The Morgan fingerprint density at radius 2 is 1.89 bits per heavy atom. The first-order valence-electron chi connectivity index (χ1n) is 9.75. The first-order chi connectivity index (χ1) is 12.8. The van der Waals surface area contributed by atoms with Crippen LogP contribution in [0.15, 0.2) is 29.1 Å². The number of nitrogens with zero attached hydrogens (tertiary/aromatic N) is 1. The zero-order valence-electron chi connectivity index (χ0n) is 16.6. The number of H-pyrrole nitrogens is 1. The summed E-state index contributed by atoms with van der Waals surface area (Å²) in [6, 6.07) is 8.88. The molecule has 1 aromatic carbocycles.